The van der Waals surface area contributed by atoms with E-state index < -0.39 is 6.10 Å². The molecular weight excluding hydrogens is 556 g/mol. The van der Waals surface area contributed by atoms with E-state index in [0.717, 1.165) is 50.2 Å². The van der Waals surface area contributed by atoms with Crippen molar-refractivity contribution in [1.82, 2.24) is 10.2 Å². The number of epoxide rings is 1. The van der Waals surface area contributed by atoms with E-state index in [9.17, 15) is 14.4 Å². The summed E-state index contributed by atoms with van der Waals surface area (Å²) in [5, 5.41) is 3.03. The number of amides is 2. The Kier molecular flexibility index (Phi) is 13.1. The first-order valence-electron chi connectivity index (χ1n) is 15.1. The quantitative estimate of drug-likeness (QED) is 0.144. The van der Waals surface area contributed by atoms with Crippen LogP contribution in [0.5, 0.6) is 0 Å². The minimum Gasteiger partial charge on any atom is -0.459 e. The van der Waals surface area contributed by atoms with Gasteiger partial charge in [0.2, 0.25) is 11.8 Å². The molecule has 3 heterocycles. The van der Waals surface area contributed by atoms with Gasteiger partial charge in [0.1, 0.15) is 6.10 Å². The van der Waals surface area contributed by atoms with E-state index >= 15 is 0 Å². The number of hydrogen-bond acceptors (Lipinski definition) is 8. The molecular formula is C32H50N2O7S. The number of esters is 1. The van der Waals surface area contributed by atoms with Crippen LogP contribution in [0.25, 0.3) is 0 Å². The molecule has 0 saturated carbocycles. The summed E-state index contributed by atoms with van der Waals surface area (Å²) in [4.78, 5) is 37.9. The smallest absolute Gasteiger partial charge is 0.303 e. The fourth-order valence-electron chi connectivity index (χ4n) is 5.58. The van der Waals surface area contributed by atoms with Crippen LogP contribution in [0, 0.1) is 5.92 Å². The summed E-state index contributed by atoms with van der Waals surface area (Å²) < 4.78 is 23.5. The van der Waals surface area contributed by atoms with Crippen LogP contribution in [0.4, 0.5) is 0 Å². The number of hydrogen-bond donors (Lipinski definition) is 1. The largest absolute Gasteiger partial charge is 0.459 e. The van der Waals surface area contributed by atoms with E-state index in [1.54, 1.807) is 29.7 Å². The molecule has 1 spiro atoms. The molecule has 0 radical (unpaired) electrons. The van der Waals surface area contributed by atoms with Crippen molar-refractivity contribution in [3.8, 4) is 0 Å². The summed E-state index contributed by atoms with van der Waals surface area (Å²) in [7, 11) is 1.86. The van der Waals surface area contributed by atoms with Gasteiger partial charge in [-0.2, -0.15) is 11.8 Å². The third-order valence-corrected chi connectivity index (χ3v) is 8.80. The lowest BCUT2D eigenvalue weighted by atomic mass is 9.88. The molecule has 236 valence electrons. The van der Waals surface area contributed by atoms with Crippen molar-refractivity contribution in [1.29, 1.82) is 0 Å². The van der Waals surface area contributed by atoms with Crippen LogP contribution >= 0.6 is 11.8 Å². The van der Waals surface area contributed by atoms with Gasteiger partial charge >= 0.3 is 5.97 Å². The number of allylic oxidation sites excluding steroid dienone is 2. The number of rotatable bonds is 13. The number of carbonyl (C=O) groups excluding carboxylic acids is 3. The van der Waals surface area contributed by atoms with Gasteiger partial charge in [0.25, 0.3) is 0 Å². The van der Waals surface area contributed by atoms with Crippen molar-refractivity contribution in [3.05, 3.63) is 36.0 Å². The summed E-state index contributed by atoms with van der Waals surface area (Å²) in [6.45, 7) is 10.8. The number of nitrogens with zero attached hydrogens (tertiary/aromatic N) is 1. The molecule has 10 heteroatoms. The highest BCUT2D eigenvalue weighted by molar-refractivity contribution is 7.98. The molecule has 0 aromatic rings. The van der Waals surface area contributed by atoms with E-state index in [0.29, 0.717) is 6.42 Å². The predicted molar refractivity (Wildman–Crippen MR) is 165 cm³/mol. The molecule has 3 aliphatic rings. The van der Waals surface area contributed by atoms with Crippen molar-refractivity contribution in [2.45, 2.75) is 109 Å². The molecule has 0 aliphatic carbocycles. The van der Waals surface area contributed by atoms with E-state index in [4.69, 9.17) is 18.9 Å². The molecule has 8 atom stereocenters. The number of carbonyl (C=O) groups is 3. The van der Waals surface area contributed by atoms with Crippen LogP contribution in [0.2, 0.25) is 0 Å². The Bertz CT molecular complexity index is 1020. The molecule has 42 heavy (non-hydrogen) atoms. The van der Waals surface area contributed by atoms with Crippen molar-refractivity contribution < 1.29 is 33.3 Å². The first-order valence-corrected chi connectivity index (χ1v) is 16.5. The lowest BCUT2D eigenvalue weighted by molar-refractivity contribution is -0.143. The van der Waals surface area contributed by atoms with Gasteiger partial charge in [-0.1, -0.05) is 30.7 Å². The van der Waals surface area contributed by atoms with Crippen LogP contribution in [-0.2, 0) is 33.3 Å². The average molecular weight is 607 g/mol. The maximum Gasteiger partial charge on any atom is 0.303 e. The van der Waals surface area contributed by atoms with Gasteiger partial charge < -0.3 is 29.2 Å². The molecule has 3 rings (SSSR count). The Labute approximate surface area is 255 Å². The normalized spacial score (nSPS) is 32.2. The second-order valence-electron chi connectivity index (χ2n) is 12.1. The Morgan fingerprint density at radius 3 is 2.57 bits per heavy atom. The topological polar surface area (TPSA) is 107 Å². The summed E-state index contributed by atoms with van der Waals surface area (Å²) in [6.07, 6.45) is 14.2. The second-order valence-corrected chi connectivity index (χ2v) is 13.1. The standard InChI is InChI=1S/C32H50N2O7S/c1-21(8-11-26-18-32(20-38-32)19-27(41-26)17-31(37)34(6)14-15-42-7)9-12-29-22(2)16-28(24(4)40-29)33-30(36)13-10-23(3)39-25(5)35/h8-11,13,22-24,26-29H,12,14-20H2,1-7H3,(H,33,36)/t22-,23-,24+,26+,27+,28+,29-,32+/m0/s1. The minimum atomic E-state index is -0.458. The zero-order chi connectivity index (χ0) is 30.9. The SMILES string of the molecule is CSCCN(C)C(=O)C[C@@H]1C[C@@]2(CO2)C[C@@H](C=CC(C)=CC[C@@H]2O[C@H](C)[C@H](NC(=O)C=C[C@H](C)OC(C)=O)C[C@@H]2C)O1. The van der Waals surface area contributed by atoms with Crippen molar-refractivity contribution in [2.24, 2.45) is 5.92 Å². The second kappa shape index (κ2) is 16.1. The highest BCUT2D eigenvalue weighted by Gasteiger charge is 2.51. The highest BCUT2D eigenvalue weighted by Crippen LogP contribution is 2.43. The van der Waals surface area contributed by atoms with Crippen molar-refractivity contribution >= 4 is 29.5 Å². The van der Waals surface area contributed by atoms with Gasteiger partial charge in [0.05, 0.1) is 49.1 Å². The lowest BCUT2D eigenvalue weighted by Crippen LogP contribution is -2.50. The molecule has 3 fully saturated rings. The van der Waals surface area contributed by atoms with Crippen molar-refractivity contribution in [3.63, 3.8) is 0 Å². The summed E-state index contributed by atoms with van der Waals surface area (Å²) in [5.41, 5.74) is 0.989. The molecule has 0 aromatic carbocycles. The zero-order valence-corrected chi connectivity index (χ0v) is 27.1. The van der Waals surface area contributed by atoms with Crippen LogP contribution in [0.15, 0.2) is 36.0 Å². The number of nitrogens with one attached hydrogen (secondary N) is 1. The molecule has 9 nitrogen and oxygen atoms in total. The van der Waals surface area contributed by atoms with Crippen LogP contribution in [0.1, 0.15) is 66.7 Å². The summed E-state index contributed by atoms with van der Waals surface area (Å²) >= 11 is 1.74. The first-order chi connectivity index (χ1) is 19.9. The summed E-state index contributed by atoms with van der Waals surface area (Å²) in [6, 6.07) is -0.0898. The Balaban J connectivity index is 1.47. The van der Waals surface area contributed by atoms with Crippen molar-refractivity contribution in [2.75, 3.05) is 32.2 Å². The zero-order valence-electron chi connectivity index (χ0n) is 26.3. The van der Waals surface area contributed by atoms with E-state index in [2.05, 4.69) is 37.4 Å². The molecule has 0 aromatic heterocycles. The first kappa shape index (κ1) is 34.4. The highest BCUT2D eigenvalue weighted by atomic mass is 32.2. The molecule has 0 unspecified atom stereocenters. The van der Waals surface area contributed by atoms with Gasteiger partial charge in [-0.25, -0.2) is 0 Å². The summed E-state index contributed by atoms with van der Waals surface area (Å²) in [5.74, 6) is 0.708. The maximum atomic E-state index is 12.7. The third kappa shape index (κ3) is 11.2. The fourth-order valence-corrected chi connectivity index (χ4v) is 6.04. The Morgan fingerprint density at radius 1 is 1.17 bits per heavy atom. The Morgan fingerprint density at radius 2 is 1.90 bits per heavy atom. The Hall–Kier alpha value is -2.14. The molecule has 3 saturated heterocycles. The third-order valence-electron chi connectivity index (χ3n) is 8.21. The van der Waals surface area contributed by atoms with E-state index in [1.807, 2.05) is 20.2 Å². The monoisotopic (exact) mass is 606 g/mol. The van der Waals surface area contributed by atoms with E-state index in [-0.39, 0.29) is 59.8 Å². The number of ether oxygens (including phenoxy) is 4. The minimum absolute atomic E-state index is 0.0589. The molecule has 0 bridgehead atoms. The molecule has 1 N–H and O–H groups in total. The molecule has 2 amide bonds. The van der Waals surface area contributed by atoms with Crippen LogP contribution in [0.3, 0.4) is 0 Å². The van der Waals surface area contributed by atoms with E-state index in [1.165, 1.54) is 13.0 Å². The average Bonchev–Trinajstić information content (AvgIpc) is 3.67. The maximum absolute atomic E-state index is 12.7. The predicted octanol–water partition coefficient (Wildman–Crippen LogP) is 4.21. The van der Waals surface area contributed by atoms with Gasteiger partial charge in [0.15, 0.2) is 0 Å². The van der Waals surface area contributed by atoms with Crippen LogP contribution in [-0.4, -0.2) is 97.1 Å². The van der Waals surface area contributed by atoms with Gasteiger partial charge in [0, 0.05) is 45.2 Å². The molecule has 3 aliphatic heterocycles. The fraction of sp³-hybridized carbons (Fsp3) is 0.719. The number of thioether (sulfide) groups is 1. The van der Waals surface area contributed by atoms with Gasteiger partial charge in [-0.05, 0) is 51.9 Å². The van der Waals surface area contributed by atoms with Gasteiger partial charge in [-0.15, -0.1) is 0 Å². The lowest BCUT2D eigenvalue weighted by Gasteiger charge is -2.39. The van der Waals surface area contributed by atoms with Crippen LogP contribution < -0.4 is 5.32 Å². The van der Waals surface area contributed by atoms with Gasteiger partial charge in [-0.3, -0.25) is 14.4 Å².